The van der Waals surface area contributed by atoms with Crippen molar-refractivity contribution in [1.29, 1.82) is 0 Å². The predicted octanol–water partition coefficient (Wildman–Crippen LogP) is 2.50. The van der Waals surface area contributed by atoms with Crippen molar-refractivity contribution in [3.63, 3.8) is 0 Å². The van der Waals surface area contributed by atoms with Gasteiger partial charge in [-0.05, 0) is 17.7 Å². The first-order chi connectivity index (χ1) is 6.15. The van der Waals surface area contributed by atoms with Crippen LogP contribution in [0.5, 0.6) is 0 Å². The number of hydrogen-bond acceptors (Lipinski definition) is 1. The van der Waals surface area contributed by atoms with Crippen LogP contribution in [0.1, 0.15) is 5.56 Å². The SMILES string of the molecule is CNC(=O)Cc1c(Br)cccc1Br. The summed E-state index contributed by atoms with van der Waals surface area (Å²) in [5.74, 6) is 0.00704. The van der Waals surface area contributed by atoms with Gasteiger partial charge in [0.05, 0.1) is 6.42 Å². The minimum absolute atomic E-state index is 0.00704. The molecule has 1 amide bonds. The summed E-state index contributed by atoms with van der Waals surface area (Å²) >= 11 is 6.79. The highest BCUT2D eigenvalue weighted by Gasteiger charge is 2.08. The third-order valence-electron chi connectivity index (χ3n) is 1.68. The molecule has 13 heavy (non-hydrogen) atoms. The smallest absolute Gasteiger partial charge is 0.224 e. The highest BCUT2D eigenvalue weighted by molar-refractivity contribution is 9.11. The molecule has 0 atom stereocenters. The van der Waals surface area contributed by atoms with Crippen LogP contribution in [-0.4, -0.2) is 13.0 Å². The topological polar surface area (TPSA) is 29.1 Å². The zero-order chi connectivity index (χ0) is 9.84. The van der Waals surface area contributed by atoms with Crippen molar-refractivity contribution in [3.05, 3.63) is 32.7 Å². The van der Waals surface area contributed by atoms with Gasteiger partial charge in [-0.2, -0.15) is 0 Å². The molecule has 0 heterocycles. The monoisotopic (exact) mass is 305 g/mol. The average Bonchev–Trinajstić information content (AvgIpc) is 2.11. The van der Waals surface area contributed by atoms with Gasteiger partial charge in [0, 0.05) is 16.0 Å². The Morgan fingerprint density at radius 2 is 1.92 bits per heavy atom. The minimum Gasteiger partial charge on any atom is -0.359 e. The van der Waals surface area contributed by atoms with Crippen molar-refractivity contribution < 1.29 is 4.79 Å². The number of benzene rings is 1. The molecular formula is C9H9Br2NO. The Morgan fingerprint density at radius 1 is 1.38 bits per heavy atom. The maximum Gasteiger partial charge on any atom is 0.224 e. The van der Waals surface area contributed by atoms with Crippen molar-refractivity contribution in [2.45, 2.75) is 6.42 Å². The van der Waals surface area contributed by atoms with E-state index in [1.807, 2.05) is 18.2 Å². The van der Waals surface area contributed by atoms with E-state index in [4.69, 9.17) is 0 Å². The highest BCUT2D eigenvalue weighted by Crippen LogP contribution is 2.25. The summed E-state index contributed by atoms with van der Waals surface area (Å²) in [5.41, 5.74) is 0.974. The molecule has 0 aromatic heterocycles. The summed E-state index contributed by atoms with van der Waals surface area (Å²) in [7, 11) is 1.63. The third kappa shape index (κ3) is 2.81. The number of nitrogens with one attached hydrogen (secondary N) is 1. The number of rotatable bonds is 2. The lowest BCUT2D eigenvalue weighted by atomic mass is 10.1. The van der Waals surface area contributed by atoms with E-state index in [0.29, 0.717) is 6.42 Å². The lowest BCUT2D eigenvalue weighted by Gasteiger charge is -2.05. The molecule has 0 fully saturated rings. The van der Waals surface area contributed by atoms with Gasteiger partial charge in [0.25, 0.3) is 0 Å². The second-order valence-corrected chi connectivity index (χ2v) is 4.26. The van der Waals surface area contributed by atoms with Crippen molar-refractivity contribution >= 4 is 37.8 Å². The van der Waals surface area contributed by atoms with Crippen molar-refractivity contribution in [2.75, 3.05) is 7.05 Å². The molecule has 0 aliphatic rings. The van der Waals surface area contributed by atoms with Crippen LogP contribution in [0.2, 0.25) is 0 Å². The summed E-state index contributed by atoms with van der Waals surface area (Å²) in [6.45, 7) is 0. The molecule has 1 aromatic carbocycles. The van der Waals surface area contributed by atoms with E-state index < -0.39 is 0 Å². The van der Waals surface area contributed by atoms with E-state index in [1.54, 1.807) is 7.05 Å². The molecular weight excluding hydrogens is 298 g/mol. The van der Waals surface area contributed by atoms with Gasteiger partial charge in [-0.3, -0.25) is 4.79 Å². The Balaban J connectivity index is 2.93. The molecule has 0 unspecified atom stereocenters. The van der Waals surface area contributed by atoms with E-state index in [2.05, 4.69) is 37.2 Å². The lowest BCUT2D eigenvalue weighted by molar-refractivity contribution is -0.119. The number of halogens is 2. The van der Waals surface area contributed by atoms with Crippen LogP contribution >= 0.6 is 31.9 Å². The first kappa shape index (κ1) is 10.7. The Labute approximate surface area is 94.0 Å². The Morgan fingerprint density at radius 3 is 2.38 bits per heavy atom. The number of carbonyl (C=O) groups is 1. The fraction of sp³-hybridized carbons (Fsp3) is 0.222. The van der Waals surface area contributed by atoms with Gasteiger partial charge in [0.2, 0.25) is 5.91 Å². The molecule has 1 rings (SSSR count). The Kier molecular flexibility index (Phi) is 3.93. The third-order valence-corrected chi connectivity index (χ3v) is 3.16. The summed E-state index contributed by atoms with van der Waals surface area (Å²) in [5, 5.41) is 2.59. The molecule has 0 radical (unpaired) electrons. The molecule has 1 N–H and O–H groups in total. The van der Waals surface area contributed by atoms with Gasteiger partial charge in [-0.25, -0.2) is 0 Å². The van der Waals surface area contributed by atoms with Gasteiger partial charge in [0.1, 0.15) is 0 Å². The number of carbonyl (C=O) groups excluding carboxylic acids is 1. The van der Waals surface area contributed by atoms with Crippen molar-refractivity contribution in [1.82, 2.24) is 5.32 Å². The second kappa shape index (κ2) is 4.77. The maximum atomic E-state index is 11.1. The van der Waals surface area contributed by atoms with E-state index in [1.165, 1.54) is 0 Å². The fourth-order valence-corrected chi connectivity index (χ4v) is 2.23. The van der Waals surface area contributed by atoms with Crippen LogP contribution in [0.25, 0.3) is 0 Å². The van der Waals surface area contributed by atoms with Crippen LogP contribution in [0, 0.1) is 0 Å². The first-order valence-corrected chi connectivity index (χ1v) is 5.37. The molecule has 0 saturated heterocycles. The summed E-state index contributed by atoms with van der Waals surface area (Å²) < 4.78 is 1.90. The van der Waals surface area contributed by atoms with Gasteiger partial charge in [-0.1, -0.05) is 37.9 Å². The van der Waals surface area contributed by atoms with Gasteiger partial charge >= 0.3 is 0 Å². The number of amides is 1. The van der Waals surface area contributed by atoms with Crippen LogP contribution < -0.4 is 5.32 Å². The standard InChI is InChI=1S/C9H9Br2NO/c1-12-9(13)5-6-7(10)3-2-4-8(6)11/h2-4H,5H2,1H3,(H,12,13). The number of hydrogen-bond donors (Lipinski definition) is 1. The molecule has 0 spiro atoms. The molecule has 0 saturated carbocycles. The van der Waals surface area contributed by atoms with Crippen LogP contribution in [0.4, 0.5) is 0 Å². The fourth-order valence-electron chi connectivity index (χ4n) is 0.950. The van der Waals surface area contributed by atoms with Gasteiger partial charge in [-0.15, -0.1) is 0 Å². The van der Waals surface area contributed by atoms with Gasteiger partial charge in [0.15, 0.2) is 0 Å². The lowest BCUT2D eigenvalue weighted by Crippen LogP contribution is -2.20. The Hall–Kier alpha value is -0.350. The maximum absolute atomic E-state index is 11.1. The van der Waals surface area contributed by atoms with Gasteiger partial charge < -0.3 is 5.32 Å². The van der Waals surface area contributed by atoms with Crippen LogP contribution in [-0.2, 0) is 11.2 Å². The van der Waals surface area contributed by atoms with Crippen LogP contribution in [0.15, 0.2) is 27.1 Å². The minimum atomic E-state index is 0.00704. The van der Waals surface area contributed by atoms with E-state index in [0.717, 1.165) is 14.5 Å². The molecule has 4 heteroatoms. The average molecular weight is 307 g/mol. The van der Waals surface area contributed by atoms with E-state index in [9.17, 15) is 4.79 Å². The van der Waals surface area contributed by atoms with Crippen molar-refractivity contribution in [2.24, 2.45) is 0 Å². The normalized spacial score (nSPS) is 9.77. The van der Waals surface area contributed by atoms with E-state index in [-0.39, 0.29) is 5.91 Å². The predicted molar refractivity (Wildman–Crippen MR) is 59.6 cm³/mol. The number of likely N-dealkylation sites (N-methyl/N-ethyl adjacent to an activating group) is 1. The Bertz CT molecular complexity index is 305. The molecule has 70 valence electrons. The van der Waals surface area contributed by atoms with Crippen LogP contribution in [0.3, 0.4) is 0 Å². The largest absolute Gasteiger partial charge is 0.359 e. The van der Waals surface area contributed by atoms with Crippen molar-refractivity contribution in [3.8, 4) is 0 Å². The molecule has 0 aliphatic carbocycles. The molecule has 2 nitrogen and oxygen atoms in total. The highest BCUT2D eigenvalue weighted by atomic mass is 79.9. The molecule has 1 aromatic rings. The summed E-state index contributed by atoms with van der Waals surface area (Å²) in [4.78, 5) is 11.1. The van der Waals surface area contributed by atoms with E-state index >= 15 is 0 Å². The quantitative estimate of drug-likeness (QED) is 0.894. The summed E-state index contributed by atoms with van der Waals surface area (Å²) in [6.07, 6.45) is 0.387. The second-order valence-electron chi connectivity index (χ2n) is 2.55. The molecule has 0 bridgehead atoms. The zero-order valence-corrected chi connectivity index (χ0v) is 10.3. The first-order valence-electron chi connectivity index (χ1n) is 3.78. The zero-order valence-electron chi connectivity index (χ0n) is 7.10. The summed E-state index contributed by atoms with van der Waals surface area (Å²) in [6, 6.07) is 5.76. The molecule has 0 aliphatic heterocycles.